The molecule has 0 aliphatic carbocycles. The average molecular weight is 386 g/mol. The molecule has 3 fully saturated rings. The van der Waals surface area contributed by atoms with Crippen molar-refractivity contribution >= 4 is 17.6 Å². The summed E-state index contributed by atoms with van der Waals surface area (Å²) in [5, 5.41) is 0. The minimum absolute atomic E-state index is 0.0718. The van der Waals surface area contributed by atoms with Crippen LogP contribution in [0.4, 0.5) is 5.82 Å². The highest BCUT2D eigenvalue weighted by Crippen LogP contribution is 2.39. The molecule has 0 aromatic carbocycles. The SMILES string of the molecule is CC(C)N1CCCC2(CCCN2C(=O)c2ccc(N3CCOCC3)nc2)C1=O. The molecule has 1 unspecified atom stereocenters. The van der Waals surface area contributed by atoms with Gasteiger partial charge in [0.2, 0.25) is 5.91 Å². The molecule has 2 amide bonds. The molecule has 1 aromatic rings. The number of carbonyl (C=O) groups excluding carboxylic acids is 2. The van der Waals surface area contributed by atoms with Crippen LogP contribution in [-0.4, -0.2) is 77.6 Å². The molecule has 3 saturated heterocycles. The Bertz CT molecular complexity index is 730. The first-order chi connectivity index (χ1) is 13.5. The molecule has 0 radical (unpaired) electrons. The van der Waals surface area contributed by atoms with Gasteiger partial charge in [0.25, 0.3) is 5.91 Å². The lowest BCUT2D eigenvalue weighted by atomic mass is 9.84. The van der Waals surface area contributed by atoms with Crippen LogP contribution in [0, 0.1) is 0 Å². The van der Waals surface area contributed by atoms with Gasteiger partial charge in [-0.25, -0.2) is 4.98 Å². The molecular weight excluding hydrogens is 356 g/mol. The highest BCUT2D eigenvalue weighted by molar-refractivity contribution is 6.00. The van der Waals surface area contributed by atoms with Crippen LogP contribution < -0.4 is 4.90 Å². The van der Waals surface area contributed by atoms with Gasteiger partial charge in [-0.2, -0.15) is 0 Å². The Kier molecular flexibility index (Phi) is 5.27. The summed E-state index contributed by atoms with van der Waals surface area (Å²) >= 11 is 0. The number of ether oxygens (including phenoxy) is 1. The molecule has 0 saturated carbocycles. The van der Waals surface area contributed by atoms with Gasteiger partial charge >= 0.3 is 0 Å². The van der Waals surface area contributed by atoms with E-state index in [1.54, 1.807) is 6.20 Å². The quantitative estimate of drug-likeness (QED) is 0.794. The topological polar surface area (TPSA) is 66.0 Å². The smallest absolute Gasteiger partial charge is 0.256 e. The molecule has 3 aliphatic rings. The molecule has 7 heteroatoms. The van der Waals surface area contributed by atoms with E-state index in [4.69, 9.17) is 4.74 Å². The largest absolute Gasteiger partial charge is 0.378 e. The number of hydrogen-bond acceptors (Lipinski definition) is 5. The van der Waals surface area contributed by atoms with Gasteiger partial charge < -0.3 is 19.4 Å². The monoisotopic (exact) mass is 386 g/mol. The number of rotatable bonds is 3. The molecule has 28 heavy (non-hydrogen) atoms. The summed E-state index contributed by atoms with van der Waals surface area (Å²) in [6.07, 6.45) is 5.01. The number of nitrogens with zero attached hydrogens (tertiary/aromatic N) is 4. The standard InChI is InChI=1S/C21H30N4O3/c1-16(2)24-9-3-7-21(20(24)27)8-4-10-25(21)19(26)17-5-6-18(22-15-17)23-11-13-28-14-12-23/h5-6,15-16H,3-4,7-14H2,1-2H3. The Morgan fingerprint density at radius 1 is 1.11 bits per heavy atom. The van der Waals surface area contributed by atoms with Crippen molar-refractivity contribution in [2.75, 3.05) is 44.3 Å². The van der Waals surface area contributed by atoms with Crippen LogP contribution in [0.25, 0.3) is 0 Å². The van der Waals surface area contributed by atoms with Crippen molar-refractivity contribution in [1.29, 1.82) is 0 Å². The van der Waals surface area contributed by atoms with Gasteiger partial charge in [-0.05, 0) is 51.7 Å². The maximum atomic E-state index is 13.3. The van der Waals surface area contributed by atoms with Gasteiger partial charge in [0, 0.05) is 38.4 Å². The van der Waals surface area contributed by atoms with Crippen molar-refractivity contribution in [2.24, 2.45) is 0 Å². The van der Waals surface area contributed by atoms with Crippen molar-refractivity contribution in [3.63, 3.8) is 0 Å². The lowest BCUT2D eigenvalue weighted by Gasteiger charge is -2.46. The molecule has 0 bridgehead atoms. The molecule has 1 atom stereocenters. The summed E-state index contributed by atoms with van der Waals surface area (Å²) in [4.78, 5) is 37.1. The summed E-state index contributed by atoms with van der Waals surface area (Å²) < 4.78 is 5.38. The molecule has 1 spiro atoms. The summed E-state index contributed by atoms with van der Waals surface area (Å²) in [6.45, 7) is 8.56. The Balaban J connectivity index is 1.54. The highest BCUT2D eigenvalue weighted by Gasteiger charge is 2.53. The van der Waals surface area contributed by atoms with Crippen LogP contribution in [0.3, 0.4) is 0 Å². The van der Waals surface area contributed by atoms with Crippen LogP contribution in [0.15, 0.2) is 18.3 Å². The Morgan fingerprint density at radius 2 is 1.82 bits per heavy atom. The Labute approximate surface area is 166 Å². The zero-order valence-electron chi connectivity index (χ0n) is 16.9. The first kappa shape index (κ1) is 19.2. The van der Waals surface area contributed by atoms with Crippen LogP contribution >= 0.6 is 0 Å². The molecule has 4 rings (SSSR count). The van der Waals surface area contributed by atoms with Gasteiger partial charge in [-0.1, -0.05) is 0 Å². The summed E-state index contributed by atoms with van der Waals surface area (Å²) in [7, 11) is 0. The van der Waals surface area contributed by atoms with Crippen molar-refractivity contribution in [1.82, 2.24) is 14.8 Å². The van der Waals surface area contributed by atoms with Crippen molar-refractivity contribution in [2.45, 2.75) is 51.1 Å². The highest BCUT2D eigenvalue weighted by atomic mass is 16.5. The maximum Gasteiger partial charge on any atom is 0.256 e. The van der Waals surface area contributed by atoms with Gasteiger partial charge in [0.05, 0.1) is 18.8 Å². The van der Waals surface area contributed by atoms with E-state index in [1.807, 2.05) is 35.8 Å². The van der Waals surface area contributed by atoms with Crippen LogP contribution in [0.5, 0.6) is 0 Å². The lowest BCUT2D eigenvalue weighted by Crippen LogP contribution is -2.62. The number of carbonyl (C=O) groups is 2. The number of pyridine rings is 1. The van der Waals surface area contributed by atoms with E-state index in [-0.39, 0.29) is 17.9 Å². The fourth-order valence-corrected chi connectivity index (χ4v) is 4.82. The van der Waals surface area contributed by atoms with E-state index in [9.17, 15) is 9.59 Å². The van der Waals surface area contributed by atoms with Crippen molar-refractivity contribution in [3.05, 3.63) is 23.9 Å². The predicted molar refractivity (Wildman–Crippen MR) is 106 cm³/mol. The molecule has 1 aromatic heterocycles. The van der Waals surface area contributed by atoms with E-state index < -0.39 is 5.54 Å². The van der Waals surface area contributed by atoms with E-state index in [1.165, 1.54) is 0 Å². The van der Waals surface area contributed by atoms with Gasteiger partial charge in [-0.3, -0.25) is 9.59 Å². The molecule has 4 heterocycles. The Hall–Kier alpha value is -2.15. The zero-order chi connectivity index (χ0) is 19.7. The fraction of sp³-hybridized carbons (Fsp3) is 0.667. The third kappa shape index (κ3) is 3.26. The van der Waals surface area contributed by atoms with Gasteiger partial charge in [-0.15, -0.1) is 0 Å². The molecule has 0 N–H and O–H groups in total. The second kappa shape index (κ2) is 7.70. The number of aromatic nitrogens is 1. The number of anilines is 1. The number of amides is 2. The summed E-state index contributed by atoms with van der Waals surface area (Å²) in [5.41, 5.74) is -0.101. The normalized spacial score (nSPS) is 25.8. The summed E-state index contributed by atoms with van der Waals surface area (Å²) in [6, 6.07) is 3.92. The fourth-order valence-electron chi connectivity index (χ4n) is 4.82. The predicted octanol–water partition coefficient (Wildman–Crippen LogP) is 1.92. The van der Waals surface area contributed by atoms with Crippen molar-refractivity contribution in [3.8, 4) is 0 Å². The molecule has 152 valence electrons. The van der Waals surface area contributed by atoms with Gasteiger partial charge in [0.15, 0.2) is 0 Å². The maximum absolute atomic E-state index is 13.3. The van der Waals surface area contributed by atoms with Crippen molar-refractivity contribution < 1.29 is 14.3 Å². The van der Waals surface area contributed by atoms with E-state index in [0.29, 0.717) is 25.3 Å². The molecule has 3 aliphatic heterocycles. The molecular formula is C21H30N4O3. The third-order valence-electron chi connectivity index (χ3n) is 6.34. The van der Waals surface area contributed by atoms with E-state index in [2.05, 4.69) is 9.88 Å². The second-order valence-electron chi connectivity index (χ2n) is 8.29. The number of hydrogen-bond donors (Lipinski definition) is 0. The first-order valence-corrected chi connectivity index (χ1v) is 10.4. The minimum atomic E-state index is -0.664. The lowest BCUT2D eigenvalue weighted by molar-refractivity contribution is -0.147. The average Bonchev–Trinajstić information content (AvgIpc) is 3.14. The van der Waals surface area contributed by atoms with Crippen LogP contribution in [0.1, 0.15) is 49.9 Å². The van der Waals surface area contributed by atoms with Gasteiger partial charge in [0.1, 0.15) is 11.4 Å². The van der Waals surface area contributed by atoms with Crippen LogP contribution in [0.2, 0.25) is 0 Å². The Morgan fingerprint density at radius 3 is 2.46 bits per heavy atom. The zero-order valence-corrected chi connectivity index (χ0v) is 16.9. The van der Waals surface area contributed by atoms with Crippen LogP contribution in [-0.2, 0) is 9.53 Å². The minimum Gasteiger partial charge on any atom is -0.378 e. The number of morpholine rings is 1. The van der Waals surface area contributed by atoms with E-state index >= 15 is 0 Å². The number of piperidine rings is 1. The third-order valence-corrected chi connectivity index (χ3v) is 6.34. The molecule has 7 nitrogen and oxygen atoms in total. The summed E-state index contributed by atoms with van der Waals surface area (Å²) in [5.74, 6) is 0.922. The first-order valence-electron chi connectivity index (χ1n) is 10.4. The number of likely N-dealkylation sites (tertiary alicyclic amines) is 2. The second-order valence-corrected chi connectivity index (χ2v) is 8.29. The van der Waals surface area contributed by atoms with E-state index in [0.717, 1.165) is 51.1 Å².